The monoisotopic (exact) mass is 199 g/mol. The van der Waals surface area contributed by atoms with E-state index in [9.17, 15) is 4.79 Å². The molecule has 0 radical (unpaired) electrons. The third-order valence-electron chi connectivity index (χ3n) is 3.22. The minimum Gasteiger partial charge on any atom is -0.461 e. The molecule has 1 aliphatic carbocycles. The first-order valence-corrected chi connectivity index (χ1v) is 5.44. The average molecular weight is 199 g/mol. The van der Waals surface area contributed by atoms with Gasteiger partial charge >= 0.3 is 5.97 Å². The molecule has 1 aliphatic rings. The highest BCUT2D eigenvalue weighted by Gasteiger charge is 2.35. The van der Waals surface area contributed by atoms with Crippen LogP contribution in [-0.2, 0) is 9.53 Å². The van der Waals surface area contributed by atoms with Crippen LogP contribution in [0.5, 0.6) is 0 Å². The molecule has 0 amide bonds. The Morgan fingerprint density at radius 2 is 1.93 bits per heavy atom. The minimum absolute atomic E-state index is 0.108. The summed E-state index contributed by atoms with van der Waals surface area (Å²) in [6.45, 7) is 5.63. The molecule has 0 aromatic rings. The largest absolute Gasteiger partial charge is 0.461 e. The SMILES string of the molecule is CC(C)[C@](C)(N)C(=O)OC1CCCC1. The fourth-order valence-electron chi connectivity index (χ4n) is 1.52. The lowest BCUT2D eigenvalue weighted by Crippen LogP contribution is -2.51. The summed E-state index contributed by atoms with van der Waals surface area (Å²) in [5, 5.41) is 0. The van der Waals surface area contributed by atoms with E-state index >= 15 is 0 Å². The molecule has 3 nitrogen and oxygen atoms in total. The van der Waals surface area contributed by atoms with Crippen molar-refractivity contribution in [2.45, 2.75) is 58.1 Å². The Balaban J connectivity index is 2.48. The van der Waals surface area contributed by atoms with Crippen molar-refractivity contribution in [2.24, 2.45) is 11.7 Å². The molecule has 1 atom stereocenters. The number of nitrogens with two attached hydrogens (primary N) is 1. The number of hydrogen-bond acceptors (Lipinski definition) is 3. The van der Waals surface area contributed by atoms with E-state index in [-0.39, 0.29) is 18.0 Å². The molecule has 0 unspecified atom stereocenters. The number of rotatable bonds is 3. The number of carbonyl (C=O) groups excluding carboxylic acids is 1. The van der Waals surface area contributed by atoms with Crippen LogP contribution in [-0.4, -0.2) is 17.6 Å². The molecule has 82 valence electrons. The van der Waals surface area contributed by atoms with Crippen LogP contribution >= 0.6 is 0 Å². The Bertz CT molecular complexity index is 205. The van der Waals surface area contributed by atoms with E-state index in [1.54, 1.807) is 6.92 Å². The van der Waals surface area contributed by atoms with Crippen molar-refractivity contribution in [1.82, 2.24) is 0 Å². The smallest absolute Gasteiger partial charge is 0.326 e. The summed E-state index contributed by atoms with van der Waals surface area (Å²) in [5.41, 5.74) is 5.06. The quantitative estimate of drug-likeness (QED) is 0.706. The van der Waals surface area contributed by atoms with Gasteiger partial charge in [0.1, 0.15) is 11.6 Å². The summed E-state index contributed by atoms with van der Waals surface area (Å²) in [7, 11) is 0. The lowest BCUT2D eigenvalue weighted by atomic mass is 9.90. The molecule has 0 bridgehead atoms. The van der Waals surface area contributed by atoms with Crippen LogP contribution in [0.15, 0.2) is 0 Å². The highest BCUT2D eigenvalue weighted by molar-refractivity contribution is 5.80. The third kappa shape index (κ3) is 2.47. The van der Waals surface area contributed by atoms with Gasteiger partial charge in [-0.1, -0.05) is 13.8 Å². The first kappa shape index (κ1) is 11.5. The van der Waals surface area contributed by atoms with Crippen LogP contribution in [0.1, 0.15) is 46.5 Å². The van der Waals surface area contributed by atoms with Crippen molar-refractivity contribution in [3.63, 3.8) is 0 Å². The molecule has 1 fully saturated rings. The van der Waals surface area contributed by atoms with E-state index < -0.39 is 5.54 Å². The van der Waals surface area contributed by atoms with Crippen molar-refractivity contribution in [2.75, 3.05) is 0 Å². The second-order valence-electron chi connectivity index (χ2n) is 4.75. The van der Waals surface area contributed by atoms with Gasteiger partial charge in [-0.25, -0.2) is 0 Å². The van der Waals surface area contributed by atoms with Crippen LogP contribution in [0.2, 0.25) is 0 Å². The van der Waals surface area contributed by atoms with Gasteiger partial charge in [0.05, 0.1) is 0 Å². The molecule has 1 rings (SSSR count). The van der Waals surface area contributed by atoms with Crippen molar-refractivity contribution in [3.8, 4) is 0 Å². The number of carbonyl (C=O) groups is 1. The zero-order valence-electron chi connectivity index (χ0n) is 9.38. The predicted molar refractivity (Wildman–Crippen MR) is 55.8 cm³/mol. The van der Waals surface area contributed by atoms with Gasteiger partial charge in [-0.2, -0.15) is 0 Å². The van der Waals surface area contributed by atoms with Gasteiger partial charge in [0.2, 0.25) is 0 Å². The summed E-state index contributed by atoms with van der Waals surface area (Å²) in [4.78, 5) is 11.7. The summed E-state index contributed by atoms with van der Waals surface area (Å²) < 4.78 is 5.37. The zero-order valence-corrected chi connectivity index (χ0v) is 9.38. The molecule has 2 N–H and O–H groups in total. The van der Waals surface area contributed by atoms with Crippen molar-refractivity contribution in [3.05, 3.63) is 0 Å². The third-order valence-corrected chi connectivity index (χ3v) is 3.22. The zero-order chi connectivity index (χ0) is 10.8. The molecule has 0 aromatic carbocycles. The maximum absolute atomic E-state index is 11.7. The van der Waals surface area contributed by atoms with E-state index in [0.29, 0.717) is 0 Å². The lowest BCUT2D eigenvalue weighted by molar-refractivity contribution is -0.156. The molecule has 0 saturated heterocycles. The Hall–Kier alpha value is -0.570. The highest BCUT2D eigenvalue weighted by atomic mass is 16.5. The second-order valence-corrected chi connectivity index (χ2v) is 4.75. The molecule has 0 heterocycles. The minimum atomic E-state index is -0.845. The molecule has 0 aliphatic heterocycles. The normalized spacial score (nSPS) is 22.4. The van der Waals surface area contributed by atoms with E-state index in [0.717, 1.165) is 12.8 Å². The number of esters is 1. The second kappa shape index (κ2) is 4.30. The van der Waals surface area contributed by atoms with E-state index in [4.69, 9.17) is 10.5 Å². The van der Waals surface area contributed by atoms with Gasteiger partial charge in [0.15, 0.2) is 0 Å². The number of hydrogen-bond donors (Lipinski definition) is 1. The van der Waals surface area contributed by atoms with Gasteiger partial charge in [-0.05, 0) is 38.5 Å². The molecular weight excluding hydrogens is 178 g/mol. The van der Waals surface area contributed by atoms with Crippen LogP contribution in [0.25, 0.3) is 0 Å². The van der Waals surface area contributed by atoms with Gasteiger partial charge in [0.25, 0.3) is 0 Å². The summed E-state index contributed by atoms with van der Waals surface area (Å²) in [5.74, 6) is -0.143. The van der Waals surface area contributed by atoms with Crippen molar-refractivity contribution in [1.29, 1.82) is 0 Å². The maximum atomic E-state index is 11.7. The van der Waals surface area contributed by atoms with Crippen LogP contribution < -0.4 is 5.73 Å². The average Bonchev–Trinajstić information content (AvgIpc) is 2.56. The van der Waals surface area contributed by atoms with Crippen LogP contribution in [0, 0.1) is 5.92 Å². The predicted octanol–water partition coefficient (Wildman–Crippen LogP) is 1.85. The lowest BCUT2D eigenvalue weighted by Gasteiger charge is -2.28. The molecule has 1 saturated carbocycles. The van der Waals surface area contributed by atoms with Crippen molar-refractivity contribution < 1.29 is 9.53 Å². The van der Waals surface area contributed by atoms with Crippen LogP contribution in [0.4, 0.5) is 0 Å². The van der Waals surface area contributed by atoms with Gasteiger partial charge in [-0.3, -0.25) is 4.79 Å². The topological polar surface area (TPSA) is 52.3 Å². The maximum Gasteiger partial charge on any atom is 0.326 e. The van der Waals surface area contributed by atoms with E-state index in [2.05, 4.69) is 0 Å². The van der Waals surface area contributed by atoms with Gasteiger partial charge in [0, 0.05) is 0 Å². The summed E-state index contributed by atoms with van der Waals surface area (Å²) in [6, 6.07) is 0. The Morgan fingerprint density at radius 1 is 1.43 bits per heavy atom. The van der Waals surface area contributed by atoms with Gasteiger partial charge in [-0.15, -0.1) is 0 Å². The summed E-state index contributed by atoms with van der Waals surface area (Å²) >= 11 is 0. The molecular formula is C11H21NO2. The fraction of sp³-hybridized carbons (Fsp3) is 0.909. The molecule has 0 aromatic heterocycles. The van der Waals surface area contributed by atoms with Crippen molar-refractivity contribution >= 4 is 5.97 Å². The Labute approximate surface area is 86.0 Å². The Kier molecular flexibility index (Phi) is 3.53. The molecule has 3 heteroatoms. The van der Waals surface area contributed by atoms with Crippen LogP contribution in [0.3, 0.4) is 0 Å². The van der Waals surface area contributed by atoms with E-state index in [1.165, 1.54) is 12.8 Å². The fourth-order valence-corrected chi connectivity index (χ4v) is 1.52. The summed E-state index contributed by atoms with van der Waals surface area (Å²) in [6.07, 6.45) is 4.45. The standard InChI is InChI=1S/C11H21NO2/c1-8(2)11(3,12)10(13)14-9-6-4-5-7-9/h8-9H,4-7,12H2,1-3H3/t11-/m0/s1. The first-order valence-electron chi connectivity index (χ1n) is 5.44. The number of ether oxygens (including phenoxy) is 1. The molecule has 14 heavy (non-hydrogen) atoms. The Morgan fingerprint density at radius 3 is 2.36 bits per heavy atom. The highest BCUT2D eigenvalue weighted by Crippen LogP contribution is 2.24. The molecule has 0 spiro atoms. The van der Waals surface area contributed by atoms with E-state index in [1.807, 2.05) is 13.8 Å². The van der Waals surface area contributed by atoms with Gasteiger partial charge < -0.3 is 10.5 Å². The first-order chi connectivity index (χ1) is 6.44.